The molecule has 1 aliphatic heterocycles. The van der Waals surface area contributed by atoms with Crippen LogP contribution < -0.4 is 16.0 Å². The van der Waals surface area contributed by atoms with E-state index in [1.54, 1.807) is 17.8 Å². The van der Waals surface area contributed by atoms with Crippen LogP contribution in [0.15, 0.2) is 42.7 Å². The van der Waals surface area contributed by atoms with Crippen LogP contribution >= 0.6 is 12.4 Å². The Morgan fingerprint density at radius 2 is 2.00 bits per heavy atom. The lowest BCUT2D eigenvalue weighted by atomic mass is 9.90. The number of hydrogen-bond donors (Lipinski definition) is 3. The normalized spacial score (nSPS) is 20.1. The van der Waals surface area contributed by atoms with Gasteiger partial charge >= 0.3 is 0 Å². The minimum atomic E-state index is -0.608. The highest BCUT2D eigenvalue weighted by Crippen LogP contribution is 2.28. The number of carbonyl (C=O) groups is 2. The van der Waals surface area contributed by atoms with E-state index >= 15 is 0 Å². The molecule has 1 fully saturated rings. The molecule has 2 aromatic rings. The Labute approximate surface area is 159 Å². The number of para-hydroxylation sites is 1. The summed E-state index contributed by atoms with van der Waals surface area (Å²) in [6.45, 7) is 3.02. The number of carbonyl (C=O) groups excluding carboxylic acids is 2. The van der Waals surface area contributed by atoms with Gasteiger partial charge in [-0.2, -0.15) is 5.10 Å². The van der Waals surface area contributed by atoms with Gasteiger partial charge in [0.05, 0.1) is 12.1 Å². The summed E-state index contributed by atoms with van der Waals surface area (Å²) < 4.78 is 1.73. The van der Waals surface area contributed by atoms with E-state index in [-0.39, 0.29) is 36.1 Å². The molecule has 0 radical (unpaired) electrons. The van der Waals surface area contributed by atoms with Gasteiger partial charge in [0.2, 0.25) is 11.8 Å². The van der Waals surface area contributed by atoms with E-state index in [1.807, 2.05) is 43.6 Å². The number of aryl methyl sites for hydroxylation is 1. The Morgan fingerprint density at radius 1 is 1.27 bits per heavy atom. The molecular formula is C18H24ClN5O2. The Hall–Kier alpha value is -2.38. The number of rotatable bonds is 5. The minimum absolute atomic E-state index is 0. The van der Waals surface area contributed by atoms with Gasteiger partial charge in [-0.1, -0.05) is 18.2 Å². The molecule has 3 rings (SSSR count). The summed E-state index contributed by atoms with van der Waals surface area (Å²) in [4.78, 5) is 24.9. The number of nitrogens with one attached hydrogen (secondary N) is 3. The second-order valence-electron chi connectivity index (χ2n) is 6.40. The van der Waals surface area contributed by atoms with Crippen LogP contribution in [0.3, 0.4) is 0 Å². The van der Waals surface area contributed by atoms with Crippen molar-refractivity contribution in [2.75, 3.05) is 18.4 Å². The number of amides is 2. The fourth-order valence-corrected chi connectivity index (χ4v) is 3.09. The van der Waals surface area contributed by atoms with Crippen molar-refractivity contribution in [1.29, 1.82) is 0 Å². The van der Waals surface area contributed by atoms with Crippen LogP contribution in [0.1, 0.15) is 18.4 Å². The molecule has 8 heteroatoms. The number of halogens is 1. The first-order valence-electron chi connectivity index (χ1n) is 8.40. The second-order valence-corrected chi connectivity index (χ2v) is 6.40. The van der Waals surface area contributed by atoms with Crippen molar-refractivity contribution >= 4 is 29.9 Å². The molecule has 0 saturated carbocycles. The van der Waals surface area contributed by atoms with Gasteiger partial charge in [-0.05, 0) is 24.6 Å². The fraction of sp³-hybridized carbons (Fsp3) is 0.389. The van der Waals surface area contributed by atoms with Crippen LogP contribution in [-0.2, 0) is 16.6 Å². The topological polar surface area (TPSA) is 88.1 Å². The van der Waals surface area contributed by atoms with Crippen molar-refractivity contribution in [2.24, 2.45) is 13.0 Å². The number of aromatic nitrogens is 2. The molecule has 3 N–H and O–H groups in total. The monoisotopic (exact) mass is 377 g/mol. The second kappa shape index (κ2) is 8.82. The zero-order valence-electron chi connectivity index (χ0n) is 14.8. The summed E-state index contributed by atoms with van der Waals surface area (Å²) in [6, 6.07) is 8.59. The Balaban J connectivity index is 0.00000243. The highest BCUT2D eigenvalue weighted by atomic mass is 35.5. The fourth-order valence-electron chi connectivity index (χ4n) is 3.09. The van der Waals surface area contributed by atoms with Crippen LogP contribution in [0.5, 0.6) is 0 Å². The third-order valence-corrected chi connectivity index (χ3v) is 4.50. The predicted octanol–water partition coefficient (Wildman–Crippen LogP) is 1.29. The molecule has 1 aromatic heterocycles. The molecule has 1 aliphatic rings. The summed E-state index contributed by atoms with van der Waals surface area (Å²) in [5.74, 6) is -0.493. The van der Waals surface area contributed by atoms with E-state index in [2.05, 4.69) is 21.0 Å². The van der Waals surface area contributed by atoms with Gasteiger partial charge in [-0.3, -0.25) is 14.3 Å². The molecule has 2 amide bonds. The summed E-state index contributed by atoms with van der Waals surface area (Å²) in [5, 5.41) is 13.1. The van der Waals surface area contributed by atoms with Crippen LogP contribution in [0.4, 0.5) is 5.69 Å². The van der Waals surface area contributed by atoms with Crippen LogP contribution in [0, 0.1) is 5.92 Å². The molecule has 3 atom stereocenters. The first kappa shape index (κ1) is 19.9. The van der Waals surface area contributed by atoms with Crippen LogP contribution in [-0.4, -0.2) is 40.7 Å². The van der Waals surface area contributed by atoms with Crippen LogP contribution in [0.2, 0.25) is 0 Å². The minimum Gasteiger partial charge on any atom is -0.344 e. The third-order valence-electron chi connectivity index (χ3n) is 4.50. The molecule has 140 valence electrons. The average molecular weight is 378 g/mol. The molecular weight excluding hydrogens is 354 g/mol. The molecule has 26 heavy (non-hydrogen) atoms. The standard InChI is InChI=1S/C18H23N5O2.ClH/c1-12(17(24)22-14-6-4-3-5-7-14)21-18(25)16-10-19-9-15(16)13-8-20-23(2)11-13;/h3-8,11-12,15-16,19H,9-10H2,1-2H3,(H,21,25)(H,22,24);1H/t12?,15-,16+;/m1./s1. The van der Waals surface area contributed by atoms with Crippen molar-refractivity contribution in [3.05, 3.63) is 48.3 Å². The average Bonchev–Trinajstić information content (AvgIpc) is 3.24. The molecule has 7 nitrogen and oxygen atoms in total. The van der Waals surface area contributed by atoms with Gasteiger partial charge in [0, 0.05) is 37.9 Å². The molecule has 2 heterocycles. The highest BCUT2D eigenvalue weighted by molar-refractivity contribution is 5.97. The van der Waals surface area contributed by atoms with Gasteiger partial charge in [0.15, 0.2) is 0 Å². The van der Waals surface area contributed by atoms with Gasteiger partial charge in [0.1, 0.15) is 6.04 Å². The first-order valence-corrected chi connectivity index (χ1v) is 8.40. The van der Waals surface area contributed by atoms with E-state index < -0.39 is 6.04 Å². The van der Waals surface area contributed by atoms with Gasteiger partial charge in [-0.25, -0.2) is 0 Å². The maximum atomic E-state index is 12.6. The Morgan fingerprint density at radius 3 is 2.65 bits per heavy atom. The largest absolute Gasteiger partial charge is 0.344 e. The molecule has 1 unspecified atom stereocenters. The molecule has 0 spiro atoms. The van der Waals surface area contributed by atoms with Crippen molar-refractivity contribution in [3.8, 4) is 0 Å². The number of benzene rings is 1. The van der Waals surface area contributed by atoms with Crippen LogP contribution in [0.25, 0.3) is 0 Å². The van der Waals surface area contributed by atoms with E-state index in [4.69, 9.17) is 0 Å². The summed E-state index contributed by atoms with van der Waals surface area (Å²) >= 11 is 0. The summed E-state index contributed by atoms with van der Waals surface area (Å²) in [7, 11) is 1.86. The predicted molar refractivity (Wildman–Crippen MR) is 102 cm³/mol. The summed E-state index contributed by atoms with van der Waals surface area (Å²) in [5.41, 5.74) is 1.75. The lowest BCUT2D eigenvalue weighted by molar-refractivity contribution is -0.128. The van der Waals surface area contributed by atoms with Gasteiger partial charge in [0.25, 0.3) is 0 Å². The Bertz CT molecular complexity index is 749. The lowest BCUT2D eigenvalue weighted by Gasteiger charge is -2.20. The van der Waals surface area contributed by atoms with E-state index in [9.17, 15) is 9.59 Å². The molecule has 1 aromatic carbocycles. The zero-order valence-corrected chi connectivity index (χ0v) is 15.6. The smallest absolute Gasteiger partial charge is 0.246 e. The van der Waals surface area contributed by atoms with E-state index in [1.165, 1.54) is 0 Å². The Kier molecular flexibility index (Phi) is 6.76. The van der Waals surface area contributed by atoms with Crippen molar-refractivity contribution in [2.45, 2.75) is 18.9 Å². The lowest BCUT2D eigenvalue weighted by Crippen LogP contribution is -2.45. The van der Waals surface area contributed by atoms with E-state index in [0.29, 0.717) is 12.2 Å². The van der Waals surface area contributed by atoms with Crippen molar-refractivity contribution in [1.82, 2.24) is 20.4 Å². The zero-order chi connectivity index (χ0) is 17.8. The third kappa shape index (κ3) is 4.62. The van der Waals surface area contributed by atoms with Gasteiger partial charge in [-0.15, -0.1) is 12.4 Å². The number of nitrogens with zero attached hydrogens (tertiary/aromatic N) is 2. The van der Waals surface area contributed by atoms with Crippen molar-refractivity contribution < 1.29 is 9.59 Å². The summed E-state index contributed by atoms with van der Waals surface area (Å²) in [6.07, 6.45) is 3.73. The van der Waals surface area contributed by atoms with Crippen molar-refractivity contribution in [3.63, 3.8) is 0 Å². The maximum absolute atomic E-state index is 12.6. The SMILES string of the molecule is CC(NC(=O)[C@H]1CNC[C@@H]1c1cnn(C)c1)C(=O)Nc1ccccc1.Cl. The molecule has 0 aliphatic carbocycles. The molecule has 0 bridgehead atoms. The van der Waals surface area contributed by atoms with Gasteiger partial charge < -0.3 is 16.0 Å². The first-order chi connectivity index (χ1) is 12.0. The maximum Gasteiger partial charge on any atom is 0.246 e. The number of anilines is 1. The molecule has 1 saturated heterocycles. The number of hydrogen-bond acceptors (Lipinski definition) is 4. The van der Waals surface area contributed by atoms with E-state index in [0.717, 1.165) is 12.1 Å². The quantitative estimate of drug-likeness (QED) is 0.732. The highest BCUT2D eigenvalue weighted by Gasteiger charge is 2.35.